The summed E-state index contributed by atoms with van der Waals surface area (Å²) in [6, 6.07) is 1.06. The molecule has 5 nitrogen and oxygen atoms in total. The molecule has 96 valence electrons. The minimum Gasteiger partial charge on any atom is -0.393 e. The van der Waals surface area contributed by atoms with Crippen molar-refractivity contribution < 1.29 is 8.85 Å². The van der Waals surface area contributed by atoms with Crippen LogP contribution in [0.4, 0.5) is 0 Å². The van der Waals surface area contributed by atoms with Gasteiger partial charge in [0.2, 0.25) is 0 Å². The van der Waals surface area contributed by atoms with E-state index in [9.17, 15) is 0 Å². The summed E-state index contributed by atoms with van der Waals surface area (Å²) in [5.41, 5.74) is 5.41. The third-order valence-corrected chi connectivity index (χ3v) is 5.57. The van der Waals surface area contributed by atoms with Crippen LogP contribution in [0.25, 0.3) is 0 Å². The van der Waals surface area contributed by atoms with Crippen molar-refractivity contribution in [3.63, 3.8) is 0 Å². The summed E-state index contributed by atoms with van der Waals surface area (Å²) in [6.45, 7) is 8.20. The van der Waals surface area contributed by atoms with Gasteiger partial charge in [-0.05, 0) is 25.6 Å². The fraction of sp³-hybridized carbons (Fsp3) is 1.00. The van der Waals surface area contributed by atoms with Gasteiger partial charge in [-0.3, -0.25) is 0 Å². The molecule has 0 atom stereocenters. The van der Waals surface area contributed by atoms with E-state index in [4.69, 9.17) is 14.6 Å². The van der Waals surface area contributed by atoms with Gasteiger partial charge in [-0.15, -0.1) is 0 Å². The van der Waals surface area contributed by atoms with E-state index < -0.39 is 8.56 Å². The Labute approximate surface area is 99.3 Å². The van der Waals surface area contributed by atoms with E-state index in [2.05, 4.69) is 17.2 Å². The first kappa shape index (κ1) is 14.1. The summed E-state index contributed by atoms with van der Waals surface area (Å²) in [5, 5.41) is 6.55. The van der Waals surface area contributed by atoms with Gasteiger partial charge in [0.05, 0.1) is 0 Å². The summed E-state index contributed by atoms with van der Waals surface area (Å²) >= 11 is 0. The molecule has 0 spiro atoms. The molecule has 0 unspecified atom stereocenters. The fourth-order valence-corrected chi connectivity index (χ4v) is 4.01. The maximum atomic E-state index is 5.88. The number of nitrogens with two attached hydrogens (primary N) is 1. The van der Waals surface area contributed by atoms with E-state index in [1.54, 1.807) is 0 Å². The van der Waals surface area contributed by atoms with Gasteiger partial charge < -0.3 is 25.2 Å². The van der Waals surface area contributed by atoms with Gasteiger partial charge in [-0.1, -0.05) is 0 Å². The van der Waals surface area contributed by atoms with Crippen LogP contribution in [0.3, 0.4) is 0 Å². The molecule has 4 N–H and O–H groups in total. The molecule has 1 aliphatic heterocycles. The minimum absolute atomic E-state index is 0.702. The summed E-state index contributed by atoms with van der Waals surface area (Å²) in [7, 11) is -1.89. The van der Waals surface area contributed by atoms with Crippen molar-refractivity contribution in [1.82, 2.24) is 10.6 Å². The monoisotopic (exact) mass is 247 g/mol. The van der Waals surface area contributed by atoms with Crippen LogP contribution >= 0.6 is 0 Å². The largest absolute Gasteiger partial charge is 0.393 e. The van der Waals surface area contributed by atoms with Gasteiger partial charge >= 0.3 is 8.56 Å². The number of nitrogens with one attached hydrogen (secondary N) is 2. The molecule has 0 amide bonds. The second kappa shape index (κ2) is 8.16. The maximum Gasteiger partial charge on any atom is 0.335 e. The highest BCUT2D eigenvalue weighted by Gasteiger charge is 2.31. The SMILES string of the molecule is C[Si]1(CCCNCCN)OCCNCCO1. The second-order valence-corrected chi connectivity index (χ2v) is 7.57. The lowest BCUT2D eigenvalue weighted by atomic mass is 10.5. The Hall–Kier alpha value is 0.0169. The number of rotatable bonds is 6. The lowest BCUT2D eigenvalue weighted by Crippen LogP contribution is -2.45. The summed E-state index contributed by atoms with van der Waals surface area (Å²) in [4.78, 5) is 0. The van der Waals surface area contributed by atoms with Crippen LogP contribution in [0.5, 0.6) is 0 Å². The molecule has 6 heteroatoms. The average Bonchev–Trinajstić information content (AvgIpc) is 2.24. The molecule has 0 aliphatic carbocycles. The van der Waals surface area contributed by atoms with E-state index in [0.717, 1.165) is 51.9 Å². The lowest BCUT2D eigenvalue weighted by Gasteiger charge is -2.29. The van der Waals surface area contributed by atoms with Crippen LogP contribution in [-0.4, -0.2) is 54.5 Å². The van der Waals surface area contributed by atoms with Crippen molar-refractivity contribution in [1.29, 1.82) is 0 Å². The van der Waals surface area contributed by atoms with Crippen molar-refractivity contribution in [3.8, 4) is 0 Å². The Bertz CT molecular complexity index is 175. The molecule has 16 heavy (non-hydrogen) atoms. The molecular weight excluding hydrogens is 222 g/mol. The van der Waals surface area contributed by atoms with Crippen LogP contribution in [-0.2, 0) is 8.85 Å². The third kappa shape index (κ3) is 5.93. The Morgan fingerprint density at radius 1 is 1.25 bits per heavy atom. The Morgan fingerprint density at radius 2 is 1.94 bits per heavy atom. The molecule has 0 aromatic rings. The Morgan fingerprint density at radius 3 is 2.56 bits per heavy atom. The molecule has 0 bridgehead atoms. The van der Waals surface area contributed by atoms with Crippen LogP contribution in [0.2, 0.25) is 12.6 Å². The number of hydrogen-bond acceptors (Lipinski definition) is 5. The van der Waals surface area contributed by atoms with E-state index in [-0.39, 0.29) is 0 Å². The topological polar surface area (TPSA) is 68.5 Å². The zero-order chi connectivity index (χ0) is 11.7. The first-order chi connectivity index (χ1) is 7.77. The zero-order valence-corrected chi connectivity index (χ0v) is 11.3. The highest BCUT2D eigenvalue weighted by atomic mass is 28.4. The second-order valence-electron chi connectivity index (χ2n) is 4.22. The van der Waals surface area contributed by atoms with Crippen molar-refractivity contribution >= 4 is 8.56 Å². The van der Waals surface area contributed by atoms with Gasteiger partial charge in [0.25, 0.3) is 0 Å². The predicted molar refractivity (Wildman–Crippen MR) is 67.7 cm³/mol. The molecule has 0 radical (unpaired) electrons. The normalized spacial score (nSPS) is 21.4. The summed E-state index contributed by atoms with van der Waals surface area (Å²) in [6.07, 6.45) is 1.11. The molecule has 0 aromatic heterocycles. The Balaban J connectivity index is 2.15. The highest BCUT2D eigenvalue weighted by molar-refractivity contribution is 6.66. The predicted octanol–water partition coefficient (Wildman–Crippen LogP) is -0.367. The molecule has 1 saturated heterocycles. The first-order valence-corrected chi connectivity index (χ1v) is 8.69. The molecule has 0 saturated carbocycles. The number of hydrogen-bond donors (Lipinski definition) is 3. The van der Waals surface area contributed by atoms with Crippen molar-refractivity contribution in [2.24, 2.45) is 5.73 Å². The maximum absolute atomic E-state index is 5.88. The van der Waals surface area contributed by atoms with Gasteiger partial charge in [0.1, 0.15) is 0 Å². The van der Waals surface area contributed by atoms with Crippen molar-refractivity contribution in [2.45, 2.75) is 19.0 Å². The minimum atomic E-state index is -1.89. The van der Waals surface area contributed by atoms with E-state index in [0.29, 0.717) is 6.54 Å². The van der Waals surface area contributed by atoms with E-state index >= 15 is 0 Å². The third-order valence-electron chi connectivity index (χ3n) is 2.68. The van der Waals surface area contributed by atoms with Gasteiger partial charge in [-0.2, -0.15) is 0 Å². The van der Waals surface area contributed by atoms with Gasteiger partial charge in [-0.25, -0.2) is 0 Å². The van der Waals surface area contributed by atoms with Crippen LogP contribution in [0.1, 0.15) is 6.42 Å². The molecule has 1 fully saturated rings. The molecule has 1 heterocycles. The highest BCUT2D eigenvalue weighted by Crippen LogP contribution is 2.15. The van der Waals surface area contributed by atoms with Crippen molar-refractivity contribution in [3.05, 3.63) is 0 Å². The van der Waals surface area contributed by atoms with Crippen molar-refractivity contribution in [2.75, 3.05) is 45.9 Å². The van der Waals surface area contributed by atoms with Crippen LogP contribution in [0, 0.1) is 0 Å². The Kier molecular flexibility index (Phi) is 7.18. The zero-order valence-electron chi connectivity index (χ0n) is 10.3. The summed E-state index contributed by atoms with van der Waals surface area (Å²) in [5.74, 6) is 0. The standard InChI is InChI=1S/C10H25N3O2Si/c1-16(10-2-4-12-5-3-11)14-8-6-13-7-9-15-16/h12-13H,2-11H2,1H3. The quantitative estimate of drug-likeness (QED) is 0.441. The van der Waals surface area contributed by atoms with Gasteiger partial charge in [0.15, 0.2) is 0 Å². The molecular formula is C10H25N3O2Si. The molecule has 1 aliphatic rings. The first-order valence-electron chi connectivity index (χ1n) is 6.16. The average molecular weight is 247 g/mol. The lowest BCUT2D eigenvalue weighted by molar-refractivity contribution is 0.155. The van der Waals surface area contributed by atoms with E-state index in [1.807, 2.05) is 0 Å². The van der Waals surface area contributed by atoms with Crippen LogP contribution < -0.4 is 16.4 Å². The van der Waals surface area contributed by atoms with Gasteiger partial charge in [0, 0.05) is 39.4 Å². The molecule has 0 aromatic carbocycles. The smallest absolute Gasteiger partial charge is 0.335 e. The summed E-state index contributed by atoms with van der Waals surface area (Å²) < 4.78 is 11.8. The van der Waals surface area contributed by atoms with Crippen LogP contribution in [0.15, 0.2) is 0 Å². The van der Waals surface area contributed by atoms with E-state index in [1.165, 1.54) is 0 Å². The fourth-order valence-electron chi connectivity index (χ4n) is 1.75. The molecule has 1 rings (SSSR count).